The third-order valence-electron chi connectivity index (χ3n) is 4.09. The van der Waals surface area contributed by atoms with Crippen LogP contribution in [0, 0.1) is 11.8 Å². The summed E-state index contributed by atoms with van der Waals surface area (Å²) in [6.07, 6.45) is 6.09. The summed E-state index contributed by atoms with van der Waals surface area (Å²) in [7, 11) is 0. The highest BCUT2D eigenvalue weighted by molar-refractivity contribution is 5.81. The number of nitrogens with one attached hydrogen (secondary N) is 2. The molecule has 0 spiro atoms. The second-order valence-electron chi connectivity index (χ2n) is 6.05. The zero-order valence-corrected chi connectivity index (χ0v) is 12.5. The van der Waals surface area contributed by atoms with Gasteiger partial charge in [0, 0.05) is 12.6 Å². The molecule has 0 aromatic rings. The molecule has 1 rings (SSSR count). The summed E-state index contributed by atoms with van der Waals surface area (Å²) >= 11 is 0. The molecule has 2 N–H and O–H groups in total. The van der Waals surface area contributed by atoms with Crippen LogP contribution in [0.5, 0.6) is 0 Å². The zero-order chi connectivity index (χ0) is 13.5. The fourth-order valence-electron chi connectivity index (χ4n) is 2.81. The van der Waals surface area contributed by atoms with E-state index in [9.17, 15) is 4.79 Å². The Balaban J connectivity index is 2.34. The van der Waals surface area contributed by atoms with Gasteiger partial charge in [0.15, 0.2) is 0 Å². The molecule has 3 heteroatoms. The molecule has 0 radical (unpaired) electrons. The van der Waals surface area contributed by atoms with Gasteiger partial charge in [-0.2, -0.15) is 0 Å². The van der Waals surface area contributed by atoms with Crippen molar-refractivity contribution < 1.29 is 4.79 Å². The molecule has 106 valence electrons. The van der Waals surface area contributed by atoms with Gasteiger partial charge in [0.25, 0.3) is 0 Å². The largest absolute Gasteiger partial charge is 0.355 e. The topological polar surface area (TPSA) is 41.1 Å². The number of hydrogen-bond acceptors (Lipinski definition) is 2. The quantitative estimate of drug-likeness (QED) is 0.765. The summed E-state index contributed by atoms with van der Waals surface area (Å²) in [4.78, 5) is 11.8. The maximum atomic E-state index is 11.8. The molecule has 18 heavy (non-hydrogen) atoms. The van der Waals surface area contributed by atoms with Gasteiger partial charge >= 0.3 is 0 Å². The lowest BCUT2D eigenvalue weighted by atomic mass is 9.79. The van der Waals surface area contributed by atoms with Crippen molar-refractivity contribution in [2.45, 2.75) is 71.9 Å². The first-order chi connectivity index (χ1) is 8.54. The molecule has 0 aliphatic heterocycles. The van der Waals surface area contributed by atoms with Gasteiger partial charge in [-0.15, -0.1) is 0 Å². The second kappa shape index (κ2) is 7.78. The molecule has 1 fully saturated rings. The van der Waals surface area contributed by atoms with Crippen LogP contribution in [-0.2, 0) is 4.79 Å². The summed E-state index contributed by atoms with van der Waals surface area (Å²) < 4.78 is 0. The lowest BCUT2D eigenvalue weighted by Crippen LogP contribution is -2.48. The van der Waals surface area contributed by atoms with Crippen molar-refractivity contribution >= 4 is 5.91 Å². The van der Waals surface area contributed by atoms with Crippen molar-refractivity contribution in [1.82, 2.24) is 10.6 Å². The molecule has 0 saturated heterocycles. The van der Waals surface area contributed by atoms with Crippen molar-refractivity contribution in [3.63, 3.8) is 0 Å². The van der Waals surface area contributed by atoms with E-state index in [-0.39, 0.29) is 11.9 Å². The van der Waals surface area contributed by atoms with Crippen LogP contribution in [0.2, 0.25) is 0 Å². The van der Waals surface area contributed by atoms with E-state index in [0.29, 0.717) is 6.04 Å². The summed E-state index contributed by atoms with van der Waals surface area (Å²) in [5.41, 5.74) is 0. The average Bonchev–Trinajstić information content (AvgIpc) is 2.36. The molecule has 0 heterocycles. The molecule has 1 aliphatic rings. The minimum atomic E-state index is -0.0625. The van der Waals surface area contributed by atoms with Crippen LogP contribution in [-0.4, -0.2) is 24.5 Å². The first kappa shape index (κ1) is 15.5. The van der Waals surface area contributed by atoms with Crippen LogP contribution in [0.1, 0.15) is 59.8 Å². The average molecular weight is 254 g/mol. The molecule has 3 nitrogen and oxygen atoms in total. The number of rotatable bonds is 6. The number of amides is 1. The van der Waals surface area contributed by atoms with E-state index in [1.165, 1.54) is 25.7 Å². The minimum Gasteiger partial charge on any atom is -0.355 e. The Kier molecular flexibility index (Phi) is 6.69. The number of carbonyl (C=O) groups is 1. The van der Waals surface area contributed by atoms with Crippen molar-refractivity contribution in [2.24, 2.45) is 11.8 Å². The summed E-state index contributed by atoms with van der Waals surface area (Å²) in [5.74, 6) is 1.73. The van der Waals surface area contributed by atoms with Crippen LogP contribution in [0.25, 0.3) is 0 Å². The van der Waals surface area contributed by atoms with E-state index in [1.807, 2.05) is 6.92 Å². The summed E-state index contributed by atoms with van der Waals surface area (Å²) in [5, 5.41) is 6.45. The molecule has 0 bridgehead atoms. The Morgan fingerprint density at radius 1 is 1.28 bits per heavy atom. The molecule has 3 atom stereocenters. The highest BCUT2D eigenvalue weighted by Gasteiger charge is 2.26. The Bertz CT molecular complexity index is 253. The molecule has 3 unspecified atom stereocenters. The van der Waals surface area contributed by atoms with Crippen molar-refractivity contribution in [1.29, 1.82) is 0 Å². The van der Waals surface area contributed by atoms with Gasteiger partial charge in [0.1, 0.15) is 0 Å². The molecule has 0 aromatic carbocycles. The van der Waals surface area contributed by atoms with Gasteiger partial charge in [-0.05, 0) is 38.0 Å². The minimum absolute atomic E-state index is 0.0625. The van der Waals surface area contributed by atoms with Gasteiger partial charge < -0.3 is 10.6 Å². The van der Waals surface area contributed by atoms with Crippen molar-refractivity contribution in [3.05, 3.63) is 0 Å². The third kappa shape index (κ3) is 4.97. The monoisotopic (exact) mass is 254 g/mol. The SMILES string of the molecule is CCCNC(=O)C(C)NC1CCCC(C(C)C)C1. The predicted molar refractivity (Wildman–Crippen MR) is 76.5 cm³/mol. The third-order valence-corrected chi connectivity index (χ3v) is 4.09. The Hall–Kier alpha value is -0.570. The van der Waals surface area contributed by atoms with E-state index in [2.05, 4.69) is 31.4 Å². The Labute approximate surface area is 112 Å². The van der Waals surface area contributed by atoms with Crippen LogP contribution in [0.3, 0.4) is 0 Å². The first-order valence-corrected chi connectivity index (χ1v) is 7.58. The standard InChI is InChI=1S/C15H30N2O/c1-5-9-16-15(18)12(4)17-14-8-6-7-13(10-14)11(2)3/h11-14,17H,5-10H2,1-4H3,(H,16,18). The van der Waals surface area contributed by atoms with E-state index < -0.39 is 0 Å². The first-order valence-electron chi connectivity index (χ1n) is 7.58. The maximum Gasteiger partial charge on any atom is 0.236 e. The van der Waals surface area contributed by atoms with Crippen LogP contribution in [0.15, 0.2) is 0 Å². The summed E-state index contributed by atoms with van der Waals surface area (Å²) in [6.45, 7) is 9.45. The molecule has 1 saturated carbocycles. The molecular weight excluding hydrogens is 224 g/mol. The van der Waals surface area contributed by atoms with Gasteiger partial charge in [-0.25, -0.2) is 0 Å². The Morgan fingerprint density at radius 2 is 2.00 bits per heavy atom. The second-order valence-corrected chi connectivity index (χ2v) is 6.05. The van der Waals surface area contributed by atoms with Crippen LogP contribution < -0.4 is 10.6 Å². The zero-order valence-electron chi connectivity index (χ0n) is 12.5. The number of carbonyl (C=O) groups excluding carboxylic acids is 1. The lowest BCUT2D eigenvalue weighted by Gasteiger charge is -2.33. The lowest BCUT2D eigenvalue weighted by molar-refractivity contribution is -0.123. The highest BCUT2D eigenvalue weighted by atomic mass is 16.2. The van der Waals surface area contributed by atoms with E-state index >= 15 is 0 Å². The Morgan fingerprint density at radius 3 is 2.61 bits per heavy atom. The van der Waals surface area contributed by atoms with E-state index in [4.69, 9.17) is 0 Å². The number of hydrogen-bond donors (Lipinski definition) is 2. The van der Waals surface area contributed by atoms with Gasteiger partial charge in [-0.3, -0.25) is 4.79 Å². The fourth-order valence-corrected chi connectivity index (χ4v) is 2.81. The normalized spacial score (nSPS) is 26.1. The van der Waals surface area contributed by atoms with Crippen molar-refractivity contribution in [2.75, 3.05) is 6.54 Å². The summed E-state index contributed by atoms with van der Waals surface area (Å²) in [6, 6.07) is 0.459. The molecule has 1 amide bonds. The van der Waals surface area contributed by atoms with E-state index in [0.717, 1.165) is 24.8 Å². The van der Waals surface area contributed by atoms with Crippen LogP contribution >= 0.6 is 0 Å². The van der Waals surface area contributed by atoms with Crippen LogP contribution in [0.4, 0.5) is 0 Å². The predicted octanol–water partition coefficient (Wildman–Crippen LogP) is 2.71. The fraction of sp³-hybridized carbons (Fsp3) is 0.933. The van der Waals surface area contributed by atoms with Gasteiger partial charge in [-0.1, -0.05) is 33.6 Å². The smallest absolute Gasteiger partial charge is 0.236 e. The molecule has 0 aromatic heterocycles. The van der Waals surface area contributed by atoms with E-state index in [1.54, 1.807) is 0 Å². The molecule has 1 aliphatic carbocycles. The maximum absolute atomic E-state index is 11.8. The van der Waals surface area contributed by atoms with Crippen molar-refractivity contribution in [3.8, 4) is 0 Å². The van der Waals surface area contributed by atoms with Gasteiger partial charge in [0.05, 0.1) is 6.04 Å². The highest BCUT2D eigenvalue weighted by Crippen LogP contribution is 2.30. The molecular formula is C15H30N2O. The van der Waals surface area contributed by atoms with Gasteiger partial charge in [0.2, 0.25) is 5.91 Å².